The van der Waals surface area contributed by atoms with Gasteiger partial charge in [0.1, 0.15) is 11.3 Å². The molecule has 6 heteroatoms. The minimum absolute atomic E-state index is 0.190. The summed E-state index contributed by atoms with van der Waals surface area (Å²) in [5, 5.41) is 7.40. The Balaban J connectivity index is 2.21. The van der Waals surface area contributed by atoms with Crippen LogP contribution in [-0.4, -0.2) is 16.0 Å². The predicted octanol–water partition coefficient (Wildman–Crippen LogP) is 3.77. The second-order valence-electron chi connectivity index (χ2n) is 4.87. The molecule has 2 aromatic rings. The summed E-state index contributed by atoms with van der Waals surface area (Å²) in [4.78, 5) is 18.2. The maximum absolute atomic E-state index is 12.4. The summed E-state index contributed by atoms with van der Waals surface area (Å²) >= 11 is 1.55. The Bertz CT molecular complexity index is 631. The molecule has 0 fully saturated rings. The van der Waals surface area contributed by atoms with Crippen molar-refractivity contribution in [3.63, 3.8) is 0 Å². The molecule has 0 radical (unpaired) electrons. The first-order valence-corrected chi connectivity index (χ1v) is 8.17. The number of nitrogens with one attached hydrogen (secondary N) is 1. The van der Waals surface area contributed by atoms with Crippen LogP contribution >= 0.6 is 11.3 Å². The fourth-order valence-electron chi connectivity index (χ4n) is 2.25. The highest BCUT2D eigenvalue weighted by Crippen LogP contribution is 2.26. The largest absolute Gasteiger partial charge is 0.360 e. The number of aryl methyl sites for hydroxylation is 4. The van der Waals surface area contributed by atoms with Gasteiger partial charge < -0.3 is 4.52 Å². The molecule has 0 aliphatic heterocycles. The summed E-state index contributed by atoms with van der Waals surface area (Å²) < 4.78 is 5.16. The van der Waals surface area contributed by atoms with Crippen molar-refractivity contribution in [1.82, 2.24) is 10.1 Å². The molecule has 2 rings (SSSR count). The second-order valence-corrected chi connectivity index (χ2v) is 5.95. The molecule has 21 heavy (non-hydrogen) atoms. The van der Waals surface area contributed by atoms with Crippen molar-refractivity contribution < 1.29 is 9.32 Å². The van der Waals surface area contributed by atoms with Crippen LogP contribution < -0.4 is 5.32 Å². The van der Waals surface area contributed by atoms with E-state index >= 15 is 0 Å². The Morgan fingerprint density at radius 1 is 1.29 bits per heavy atom. The van der Waals surface area contributed by atoms with Crippen molar-refractivity contribution in [2.45, 2.75) is 53.4 Å². The molecule has 0 bridgehead atoms. The number of aromatic nitrogens is 2. The highest BCUT2D eigenvalue weighted by molar-refractivity contribution is 7.15. The quantitative estimate of drug-likeness (QED) is 0.882. The molecule has 0 saturated heterocycles. The van der Waals surface area contributed by atoms with Crippen LogP contribution in [0.3, 0.4) is 0 Å². The van der Waals surface area contributed by atoms with Crippen molar-refractivity contribution in [3.8, 4) is 0 Å². The normalized spacial score (nSPS) is 10.9. The van der Waals surface area contributed by atoms with Gasteiger partial charge in [0, 0.05) is 11.3 Å². The summed E-state index contributed by atoms with van der Waals surface area (Å²) in [5.41, 5.74) is 2.24. The molecular formula is C15H21N3O2S. The van der Waals surface area contributed by atoms with E-state index in [9.17, 15) is 4.79 Å². The third-order valence-electron chi connectivity index (χ3n) is 3.29. The molecule has 0 aliphatic carbocycles. The minimum atomic E-state index is -0.190. The molecule has 0 spiro atoms. The summed E-state index contributed by atoms with van der Waals surface area (Å²) in [5.74, 6) is 0.427. The molecule has 0 unspecified atom stereocenters. The number of carbonyl (C=O) groups is 1. The van der Waals surface area contributed by atoms with Gasteiger partial charge in [-0.2, -0.15) is 0 Å². The second kappa shape index (κ2) is 6.85. The fourth-order valence-corrected chi connectivity index (χ4v) is 3.20. The molecule has 0 atom stereocenters. The van der Waals surface area contributed by atoms with E-state index in [1.165, 1.54) is 4.88 Å². The number of carbonyl (C=O) groups excluding carboxylic acids is 1. The van der Waals surface area contributed by atoms with Gasteiger partial charge in [0.05, 0.1) is 11.4 Å². The van der Waals surface area contributed by atoms with Crippen LogP contribution in [0.25, 0.3) is 0 Å². The smallest absolute Gasteiger partial charge is 0.262 e. The Hall–Kier alpha value is -1.69. The van der Waals surface area contributed by atoms with E-state index in [1.54, 1.807) is 18.3 Å². The molecule has 2 heterocycles. The molecule has 0 aromatic carbocycles. The molecule has 2 aromatic heterocycles. The van der Waals surface area contributed by atoms with Crippen LogP contribution in [0.1, 0.15) is 59.6 Å². The highest BCUT2D eigenvalue weighted by Gasteiger charge is 2.20. The summed E-state index contributed by atoms with van der Waals surface area (Å²) in [6.07, 6.45) is 3.58. The molecule has 5 nitrogen and oxygen atoms in total. The zero-order valence-electron chi connectivity index (χ0n) is 12.9. The maximum atomic E-state index is 12.4. The van der Waals surface area contributed by atoms with Gasteiger partial charge in [0.2, 0.25) is 0 Å². The highest BCUT2D eigenvalue weighted by atomic mass is 32.1. The summed E-state index contributed by atoms with van der Waals surface area (Å²) in [6, 6.07) is 0. The van der Waals surface area contributed by atoms with Gasteiger partial charge in [-0.25, -0.2) is 4.98 Å². The minimum Gasteiger partial charge on any atom is -0.360 e. The fraction of sp³-hybridized carbons (Fsp3) is 0.533. The molecule has 0 saturated carbocycles. The van der Waals surface area contributed by atoms with E-state index in [0.717, 1.165) is 25.0 Å². The van der Waals surface area contributed by atoms with Crippen LogP contribution in [0.5, 0.6) is 0 Å². The van der Waals surface area contributed by atoms with Crippen molar-refractivity contribution in [2.24, 2.45) is 0 Å². The number of rotatable bonds is 6. The van der Waals surface area contributed by atoms with Crippen molar-refractivity contribution in [1.29, 1.82) is 0 Å². The number of amides is 1. The van der Waals surface area contributed by atoms with E-state index in [4.69, 9.17) is 4.52 Å². The predicted molar refractivity (Wildman–Crippen MR) is 84.1 cm³/mol. The van der Waals surface area contributed by atoms with Crippen LogP contribution in [0, 0.1) is 6.92 Å². The topological polar surface area (TPSA) is 68.0 Å². The van der Waals surface area contributed by atoms with E-state index in [-0.39, 0.29) is 5.91 Å². The van der Waals surface area contributed by atoms with Gasteiger partial charge in [-0.05, 0) is 19.8 Å². The third kappa shape index (κ3) is 3.32. The summed E-state index contributed by atoms with van der Waals surface area (Å²) in [7, 11) is 0. The van der Waals surface area contributed by atoms with E-state index in [1.807, 2.05) is 6.92 Å². The number of nitrogens with zero attached hydrogens (tertiary/aromatic N) is 2. The lowest BCUT2D eigenvalue weighted by Gasteiger charge is -2.01. The first kappa shape index (κ1) is 15.7. The van der Waals surface area contributed by atoms with Crippen molar-refractivity contribution >= 4 is 22.4 Å². The number of thiazole rings is 1. The first-order chi connectivity index (χ1) is 10.1. The molecule has 0 aliphatic rings. The van der Waals surface area contributed by atoms with E-state index in [0.29, 0.717) is 28.6 Å². The number of anilines is 1. The lowest BCUT2D eigenvalue weighted by molar-refractivity contribution is 0.102. The lowest BCUT2D eigenvalue weighted by atomic mass is 10.1. The monoisotopic (exact) mass is 307 g/mol. The van der Waals surface area contributed by atoms with Crippen LogP contribution in [-0.2, 0) is 19.3 Å². The van der Waals surface area contributed by atoms with Gasteiger partial charge in [-0.1, -0.05) is 32.3 Å². The van der Waals surface area contributed by atoms with Gasteiger partial charge in [-0.3, -0.25) is 10.1 Å². The Morgan fingerprint density at radius 2 is 2.05 bits per heavy atom. The van der Waals surface area contributed by atoms with Gasteiger partial charge in [0.15, 0.2) is 5.13 Å². The molecule has 114 valence electrons. The Kier molecular flexibility index (Phi) is 5.12. The number of hydrogen-bond acceptors (Lipinski definition) is 5. The first-order valence-electron chi connectivity index (χ1n) is 7.35. The van der Waals surface area contributed by atoms with Crippen LogP contribution in [0.4, 0.5) is 5.13 Å². The zero-order valence-corrected chi connectivity index (χ0v) is 13.8. The third-order valence-corrected chi connectivity index (χ3v) is 4.45. The molecule has 1 N–H and O–H groups in total. The number of hydrogen-bond donors (Lipinski definition) is 1. The Morgan fingerprint density at radius 3 is 2.67 bits per heavy atom. The van der Waals surface area contributed by atoms with Gasteiger partial charge in [-0.15, -0.1) is 11.3 Å². The standard InChI is InChI=1S/C15H21N3O2S/c1-5-8-10-12(7-3)21-15(16-10)17-14(19)13-9(4)18-20-11(13)6-2/h5-8H2,1-4H3,(H,16,17,19). The molecule has 1 amide bonds. The molecular weight excluding hydrogens is 286 g/mol. The van der Waals surface area contributed by atoms with Crippen LogP contribution in [0.15, 0.2) is 4.52 Å². The van der Waals surface area contributed by atoms with Crippen molar-refractivity contribution in [3.05, 3.63) is 27.6 Å². The van der Waals surface area contributed by atoms with E-state index < -0.39 is 0 Å². The summed E-state index contributed by atoms with van der Waals surface area (Å²) in [6.45, 7) is 7.96. The SMILES string of the molecule is CCCc1nc(NC(=O)c2c(C)noc2CC)sc1CC. The van der Waals surface area contributed by atoms with Crippen molar-refractivity contribution in [2.75, 3.05) is 5.32 Å². The van der Waals surface area contributed by atoms with Crippen LogP contribution in [0.2, 0.25) is 0 Å². The van der Waals surface area contributed by atoms with Gasteiger partial charge >= 0.3 is 0 Å². The lowest BCUT2D eigenvalue weighted by Crippen LogP contribution is -2.14. The average molecular weight is 307 g/mol. The zero-order chi connectivity index (χ0) is 15.4. The maximum Gasteiger partial charge on any atom is 0.262 e. The Labute approximate surface area is 128 Å². The van der Waals surface area contributed by atoms with E-state index in [2.05, 4.69) is 29.3 Å². The average Bonchev–Trinajstić information content (AvgIpc) is 3.02. The van der Waals surface area contributed by atoms with Gasteiger partial charge in [0.25, 0.3) is 5.91 Å².